The van der Waals surface area contributed by atoms with Gasteiger partial charge in [0, 0.05) is 0 Å². The van der Waals surface area contributed by atoms with Gasteiger partial charge in [-0.3, -0.25) is 9.36 Å². The lowest BCUT2D eigenvalue weighted by Gasteiger charge is -2.18. The van der Waals surface area contributed by atoms with Gasteiger partial charge in [0.15, 0.2) is 6.23 Å². The molecule has 4 atom stereocenters. The van der Waals surface area contributed by atoms with Crippen LogP contribution in [0.15, 0.2) is 10.9 Å². The number of aliphatic hydroxyl groups is 2. The molecule has 1 saturated heterocycles. The molecule has 0 aliphatic carbocycles. The Labute approximate surface area is 133 Å². The number of aliphatic hydroxyl groups excluding tert-OH is 2. The minimum absolute atomic E-state index is 0.0827. The molecule has 118 valence electrons. The molecule has 0 saturated carbocycles. The zero-order valence-electron chi connectivity index (χ0n) is 11.5. The summed E-state index contributed by atoms with van der Waals surface area (Å²) < 4.78 is 7.27. The highest BCUT2D eigenvalue weighted by atomic mass is 79.9. The van der Waals surface area contributed by atoms with Gasteiger partial charge in [-0.05, 0) is 22.9 Å². The van der Waals surface area contributed by atoms with Crippen molar-refractivity contribution in [2.24, 2.45) is 5.73 Å². The molecule has 1 fully saturated rings. The SMILES string of the molecule is C[C@@H]1O[C@H](n2c(Br)c(C(N)=O)c3c(N)ncnc32)[C@@H](O)[C@H]1O. The van der Waals surface area contributed by atoms with E-state index in [0.717, 1.165) is 0 Å². The van der Waals surface area contributed by atoms with E-state index in [-0.39, 0.29) is 27.0 Å². The van der Waals surface area contributed by atoms with Crippen molar-refractivity contribution in [3.05, 3.63) is 16.5 Å². The van der Waals surface area contributed by atoms with Crippen molar-refractivity contribution < 1.29 is 19.7 Å². The molecule has 1 amide bonds. The van der Waals surface area contributed by atoms with Gasteiger partial charge in [0.1, 0.15) is 34.6 Å². The topological polar surface area (TPSA) is 150 Å². The predicted octanol–water partition coefficient (Wildman–Crippen LogP) is -0.486. The van der Waals surface area contributed by atoms with Crippen LogP contribution in [0.4, 0.5) is 5.82 Å². The second kappa shape index (κ2) is 5.16. The van der Waals surface area contributed by atoms with Gasteiger partial charge in [0.05, 0.1) is 17.1 Å². The van der Waals surface area contributed by atoms with E-state index in [0.29, 0.717) is 0 Å². The van der Waals surface area contributed by atoms with Crippen LogP contribution >= 0.6 is 15.9 Å². The Kier molecular flexibility index (Phi) is 3.56. The van der Waals surface area contributed by atoms with Gasteiger partial charge in [0.2, 0.25) is 0 Å². The number of nitrogens with zero attached hydrogens (tertiary/aromatic N) is 3. The normalized spacial score (nSPS) is 28.4. The maximum atomic E-state index is 11.7. The predicted molar refractivity (Wildman–Crippen MR) is 79.8 cm³/mol. The van der Waals surface area contributed by atoms with Gasteiger partial charge in [0.25, 0.3) is 5.91 Å². The Balaban J connectivity index is 2.29. The van der Waals surface area contributed by atoms with E-state index < -0.39 is 30.4 Å². The molecule has 0 unspecified atom stereocenters. The van der Waals surface area contributed by atoms with Crippen molar-refractivity contribution in [1.82, 2.24) is 14.5 Å². The number of hydrogen-bond acceptors (Lipinski definition) is 7. The number of halogens is 1. The Morgan fingerprint density at radius 2 is 2.09 bits per heavy atom. The lowest BCUT2D eigenvalue weighted by molar-refractivity contribution is -0.0309. The molecular weight excluding hydrogens is 358 g/mol. The maximum absolute atomic E-state index is 11.7. The van der Waals surface area contributed by atoms with Crippen LogP contribution in [0.2, 0.25) is 0 Å². The number of ether oxygens (including phenoxy) is 1. The summed E-state index contributed by atoms with van der Waals surface area (Å²) >= 11 is 3.27. The van der Waals surface area contributed by atoms with Crippen molar-refractivity contribution in [3.63, 3.8) is 0 Å². The van der Waals surface area contributed by atoms with E-state index in [1.54, 1.807) is 6.92 Å². The van der Waals surface area contributed by atoms with E-state index in [4.69, 9.17) is 16.2 Å². The Bertz CT molecular complexity index is 764. The van der Waals surface area contributed by atoms with E-state index >= 15 is 0 Å². The zero-order chi connectivity index (χ0) is 16.2. The molecule has 6 N–H and O–H groups in total. The van der Waals surface area contributed by atoms with Crippen LogP contribution in [0.1, 0.15) is 23.5 Å². The fourth-order valence-electron chi connectivity index (χ4n) is 2.63. The summed E-state index contributed by atoms with van der Waals surface area (Å²) in [7, 11) is 0. The summed E-state index contributed by atoms with van der Waals surface area (Å²) in [6.07, 6.45) is -2.55. The van der Waals surface area contributed by atoms with Crippen LogP contribution in [-0.2, 0) is 4.74 Å². The van der Waals surface area contributed by atoms with Crippen LogP contribution < -0.4 is 11.5 Å². The van der Waals surface area contributed by atoms with Crippen LogP contribution in [0, 0.1) is 0 Å². The summed E-state index contributed by atoms with van der Waals surface area (Å²) in [5, 5.41) is 20.3. The molecule has 0 radical (unpaired) electrons. The second-order valence-corrected chi connectivity index (χ2v) is 5.82. The van der Waals surface area contributed by atoms with Crippen LogP contribution in [0.25, 0.3) is 11.0 Å². The third-order valence-corrected chi connectivity index (χ3v) is 4.51. The van der Waals surface area contributed by atoms with Crippen LogP contribution in [0.5, 0.6) is 0 Å². The van der Waals surface area contributed by atoms with E-state index in [9.17, 15) is 15.0 Å². The van der Waals surface area contributed by atoms with Crippen molar-refractivity contribution in [1.29, 1.82) is 0 Å². The smallest absolute Gasteiger partial charge is 0.252 e. The molecule has 22 heavy (non-hydrogen) atoms. The van der Waals surface area contributed by atoms with Crippen molar-refractivity contribution in [2.75, 3.05) is 5.73 Å². The van der Waals surface area contributed by atoms with Crippen LogP contribution in [0.3, 0.4) is 0 Å². The fraction of sp³-hybridized carbons (Fsp3) is 0.417. The third kappa shape index (κ3) is 1.99. The first kappa shape index (κ1) is 15.2. The van der Waals surface area contributed by atoms with Gasteiger partial charge in [-0.15, -0.1) is 0 Å². The van der Waals surface area contributed by atoms with Gasteiger partial charge in [-0.1, -0.05) is 0 Å². The van der Waals surface area contributed by atoms with Gasteiger partial charge >= 0.3 is 0 Å². The molecule has 1 aliphatic rings. The first-order valence-electron chi connectivity index (χ1n) is 6.45. The second-order valence-electron chi connectivity index (χ2n) is 5.07. The molecular formula is C12H14BrN5O4. The number of amides is 1. The molecule has 1 aliphatic heterocycles. The van der Waals surface area contributed by atoms with Gasteiger partial charge in [-0.25, -0.2) is 9.97 Å². The quantitative estimate of drug-likeness (QED) is 0.556. The molecule has 3 rings (SSSR count). The number of nitrogen functional groups attached to an aromatic ring is 1. The van der Waals surface area contributed by atoms with Gasteiger partial charge in [-0.2, -0.15) is 0 Å². The minimum Gasteiger partial charge on any atom is -0.388 e. The summed E-state index contributed by atoms with van der Waals surface area (Å²) in [4.78, 5) is 19.7. The average Bonchev–Trinajstić information content (AvgIpc) is 2.88. The van der Waals surface area contributed by atoms with Crippen molar-refractivity contribution >= 4 is 38.7 Å². The fourth-order valence-corrected chi connectivity index (χ4v) is 3.39. The number of fused-ring (bicyclic) bond motifs is 1. The largest absolute Gasteiger partial charge is 0.388 e. The number of carbonyl (C=O) groups is 1. The monoisotopic (exact) mass is 371 g/mol. The van der Waals surface area contributed by atoms with Crippen molar-refractivity contribution in [3.8, 4) is 0 Å². The lowest BCUT2D eigenvalue weighted by atomic mass is 10.1. The molecule has 3 heterocycles. The standard InChI is InChI=1S/C12H14BrN5O4/c1-3-6(19)7(20)12(22-3)18-8(13)4(10(15)21)5-9(14)16-2-17-11(5)18/h2-3,6-7,12,19-20H,1H3,(H2,15,21)(H2,14,16,17)/t3-,6-,7-,12-/m0/s1. The third-order valence-electron chi connectivity index (χ3n) is 3.73. The van der Waals surface area contributed by atoms with E-state index in [1.165, 1.54) is 10.9 Å². The molecule has 9 nitrogen and oxygen atoms in total. The Morgan fingerprint density at radius 1 is 1.41 bits per heavy atom. The molecule has 2 aromatic rings. The minimum atomic E-state index is -1.20. The van der Waals surface area contributed by atoms with E-state index in [2.05, 4.69) is 25.9 Å². The average molecular weight is 372 g/mol. The zero-order valence-corrected chi connectivity index (χ0v) is 13.1. The highest BCUT2D eigenvalue weighted by Gasteiger charge is 2.43. The number of rotatable bonds is 2. The highest BCUT2D eigenvalue weighted by molar-refractivity contribution is 9.10. The molecule has 0 spiro atoms. The molecule has 10 heteroatoms. The van der Waals surface area contributed by atoms with Gasteiger partial charge < -0.3 is 26.4 Å². The van der Waals surface area contributed by atoms with Crippen LogP contribution in [-0.4, -0.2) is 49.0 Å². The summed E-state index contributed by atoms with van der Waals surface area (Å²) in [6, 6.07) is 0. The summed E-state index contributed by atoms with van der Waals surface area (Å²) in [5.41, 5.74) is 11.6. The first-order chi connectivity index (χ1) is 10.3. The number of aromatic nitrogens is 3. The first-order valence-corrected chi connectivity index (χ1v) is 7.25. The maximum Gasteiger partial charge on any atom is 0.252 e. The highest BCUT2D eigenvalue weighted by Crippen LogP contribution is 2.39. The molecule has 0 bridgehead atoms. The number of carbonyl (C=O) groups excluding carboxylic acids is 1. The van der Waals surface area contributed by atoms with Crippen molar-refractivity contribution in [2.45, 2.75) is 31.5 Å². The lowest BCUT2D eigenvalue weighted by Crippen LogP contribution is -2.30. The molecule has 0 aromatic carbocycles. The number of hydrogen-bond donors (Lipinski definition) is 4. The Hall–Kier alpha value is -1.75. The summed E-state index contributed by atoms with van der Waals surface area (Å²) in [6.45, 7) is 1.63. The number of primary amides is 1. The number of nitrogens with two attached hydrogens (primary N) is 2. The Morgan fingerprint density at radius 3 is 2.64 bits per heavy atom. The molecule has 2 aromatic heterocycles. The number of anilines is 1. The summed E-state index contributed by atoms with van der Waals surface area (Å²) in [5.74, 6) is -0.641. The van der Waals surface area contributed by atoms with E-state index in [1.807, 2.05) is 0 Å².